The van der Waals surface area contributed by atoms with E-state index in [-0.39, 0.29) is 4.65 Å². The number of quaternary nitrogens is 1. The average Bonchev–Trinajstić information content (AvgIpc) is 1.64. The van der Waals surface area contributed by atoms with Gasteiger partial charge in [-0.1, -0.05) is 13.8 Å². The van der Waals surface area contributed by atoms with Gasteiger partial charge in [0, 0.05) is 0 Å². The fourth-order valence-corrected chi connectivity index (χ4v) is 1.06. The minimum atomic E-state index is -0.0625. The van der Waals surface area contributed by atoms with Crippen molar-refractivity contribution >= 4 is 0 Å². The van der Waals surface area contributed by atoms with Crippen molar-refractivity contribution in [1.82, 2.24) is 0 Å². The van der Waals surface area contributed by atoms with Crippen LogP contribution in [0, 0.1) is 5.21 Å². The predicted octanol–water partition coefficient (Wildman–Crippen LogP) is 1.75. The monoisotopic (exact) mass is 131 g/mol. The molecule has 9 heavy (non-hydrogen) atoms. The Morgan fingerprint density at radius 3 is 1.67 bits per heavy atom. The van der Waals surface area contributed by atoms with Crippen molar-refractivity contribution in [2.45, 2.75) is 26.7 Å². The summed E-state index contributed by atoms with van der Waals surface area (Å²) in [6.07, 6.45) is 1.97. The minimum absolute atomic E-state index is 0.0625. The van der Waals surface area contributed by atoms with Crippen LogP contribution < -0.4 is 0 Å². The highest BCUT2D eigenvalue weighted by molar-refractivity contribution is 4.35. The van der Waals surface area contributed by atoms with Gasteiger partial charge in [0.05, 0.1) is 20.1 Å². The van der Waals surface area contributed by atoms with E-state index in [1.54, 1.807) is 7.05 Å². The summed E-state index contributed by atoms with van der Waals surface area (Å²) in [6, 6.07) is 0. The summed E-state index contributed by atoms with van der Waals surface area (Å²) in [6.45, 7) is 5.61. The Hall–Kier alpha value is -0.0800. The molecule has 0 N–H and O–H groups in total. The molecule has 2 nitrogen and oxygen atoms in total. The van der Waals surface area contributed by atoms with E-state index in [1.165, 1.54) is 0 Å². The molecule has 2 heteroatoms. The fraction of sp³-hybridized carbons (Fsp3) is 1.00. The van der Waals surface area contributed by atoms with Crippen molar-refractivity contribution in [2.24, 2.45) is 0 Å². The van der Waals surface area contributed by atoms with Crippen LogP contribution in [0.5, 0.6) is 0 Å². The van der Waals surface area contributed by atoms with Gasteiger partial charge in [-0.05, 0) is 12.8 Å². The molecule has 0 radical (unpaired) electrons. The van der Waals surface area contributed by atoms with Crippen molar-refractivity contribution < 1.29 is 4.65 Å². The molecule has 0 unspecified atom stereocenters. The van der Waals surface area contributed by atoms with Gasteiger partial charge in [0.15, 0.2) is 0 Å². The standard InChI is InChI=1S/C7H17NO/c1-4-6-8(3,9)7-5-2/h4-7H2,1-3H3. The molecular weight excluding hydrogens is 114 g/mol. The smallest absolute Gasteiger partial charge is 0.0779 e. The third-order valence-electron chi connectivity index (χ3n) is 1.39. The van der Waals surface area contributed by atoms with Crippen LogP contribution in [0.25, 0.3) is 0 Å². The zero-order chi connectivity index (χ0) is 7.33. The average molecular weight is 131 g/mol. The Morgan fingerprint density at radius 2 is 1.44 bits per heavy atom. The van der Waals surface area contributed by atoms with E-state index >= 15 is 0 Å². The predicted molar refractivity (Wildman–Crippen MR) is 39.9 cm³/mol. The molecule has 0 saturated heterocycles. The third kappa shape index (κ3) is 4.43. The highest BCUT2D eigenvalue weighted by Crippen LogP contribution is 2.01. The number of hydrogen-bond acceptors (Lipinski definition) is 1. The van der Waals surface area contributed by atoms with Crippen LogP contribution in [0.15, 0.2) is 0 Å². The van der Waals surface area contributed by atoms with Gasteiger partial charge in [-0.3, -0.25) is 0 Å². The van der Waals surface area contributed by atoms with Crippen molar-refractivity contribution in [2.75, 3.05) is 20.1 Å². The molecule has 0 saturated carbocycles. The summed E-state index contributed by atoms with van der Waals surface area (Å²) in [5.41, 5.74) is 0. The lowest BCUT2D eigenvalue weighted by Gasteiger charge is -2.38. The molecule has 0 fully saturated rings. The molecule has 0 amide bonds. The molecule has 0 aromatic rings. The van der Waals surface area contributed by atoms with Gasteiger partial charge in [0.2, 0.25) is 0 Å². The van der Waals surface area contributed by atoms with E-state index in [0.717, 1.165) is 25.9 Å². The van der Waals surface area contributed by atoms with Crippen LogP contribution in [0.2, 0.25) is 0 Å². The van der Waals surface area contributed by atoms with E-state index in [9.17, 15) is 5.21 Å². The highest BCUT2D eigenvalue weighted by atomic mass is 16.5. The number of nitrogens with zero attached hydrogens (tertiary/aromatic N) is 1. The molecule has 0 heterocycles. The summed E-state index contributed by atoms with van der Waals surface area (Å²) in [7, 11) is 1.74. The molecule has 0 aromatic heterocycles. The summed E-state index contributed by atoms with van der Waals surface area (Å²) in [4.78, 5) is 0. The first-order valence-electron chi connectivity index (χ1n) is 3.68. The number of hydroxylamine groups is 3. The van der Waals surface area contributed by atoms with Gasteiger partial charge >= 0.3 is 0 Å². The van der Waals surface area contributed by atoms with Gasteiger partial charge in [-0.15, -0.1) is 0 Å². The first-order valence-corrected chi connectivity index (χ1v) is 3.68. The van der Waals surface area contributed by atoms with Crippen LogP contribution in [-0.4, -0.2) is 24.8 Å². The lowest BCUT2D eigenvalue weighted by atomic mass is 10.4. The fourth-order valence-electron chi connectivity index (χ4n) is 1.06. The SMILES string of the molecule is CCC[N+](C)([O-])CCC. The Labute approximate surface area is 57.6 Å². The molecule has 0 aliphatic carbocycles. The summed E-state index contributed by atoms with van der Waals surface area (Å²) >= 11 is 0. The van der Waals surface area contributed by atoms with Crippen molar-refractivity contribution in [3.63, 3.8) is 0 Å². The molecular formula is C7H17NO. The Morgan fingerprint density at radius 1 is 1.11 bits per heavy atom. The lowest BCUT2D eigenvalue weighted by Crippen LogP contribution is -2.38. The van der Waals surface area contributed by atoms with Crippen molar-refractivity contribution in [3.05, 3.63) is 5.21 Å². The van der Waals surface area contributed by atoms with Crippen LogP contribution in [0.3, 0.4) is 0 Å². The van der Waals surface area contributed by atoms with Crippen molar-refractivity contribution in [1.29, 1.82) is 0 Å². The second-order valence-electron chi connectivity index (χ2n) is 2.74. The maximum absolute atomic E-state index is 11.2. The minimum Gasteiger partial charge on any atom is -0.633 e. The second kappa shape index (κ2) is 3.85. The normalized spacial score (nSPS) is 12.0. The molecule has 0 spiro atoms. The van der Waals surface area contributed by atoms with E-state index in [2.05, 4.69) is 0 Å². The van der Waals surface area contributed by atoms with Crippen LogP contribution >= 0.6 is 0 Å². The molecule has 0 aliphatic rings. The number of hydrogen-bond donors (Lipinski definition) is 0. The summed E-state index contributed by atoms with van der Waals surface area (Å²) in [5, 5.41) is 11.2. The first-order chi connectivity index (χ1) is 4.12. The van der Waals surface area contributed by atoms with Gasteiger partial charge in [0.25, 0.3) is 0 Å². The Kier molecular flexibility index (Phi) is 3.82. The lowest BCUT2D eigenvalue weighted by molar-refractivity contribution is -0.860. The summed E-state index contributed by atoms with van der Waals surface area (Å²) < 4.78 is -0.0625. The molecule has 0 atom stereocenters. The quantitative estimate of drug-likeness (QED) is 0.421. The molecule has 0 aliphatic heterocycles. The molecule has 56 valence electrons. The van der Waals surface area contributed by atoms with Crippen LogP contribution in [0.1, 0.15) is 26.7 Å². The van der Waals surface area contributed by atoms with E-state index in [0.29, 0.717) is 0 Å². The van der Waals surface area contributed by atoms with Gasteiger partial charge < -0.3 is 9.85 Å². The number of rotatable bonds is 4. The second-order valence-corrected chi connectivity index (χ2v) is 2.74. The van der Waals surface area contributed by atoms with E-state index in [4.69, 9.17) is 0 Å². The molecule has 0 aromatic carbocycles. The highest BCUT2D eigenvalue weighted by Gasteiger charge is 2.04. The Balaban J connectivity index is 3.43. The largest absolute Gasteiger partial charge is 0.633 e. The topological polar surface area (TPSA) is 23.1 Å². The summed E-state index contributed by atoms with van der Waals surface area (Å²) in [5.74, 6) is 0. The maximum atomic E-state index is 11.2. The van der Waals surface area contributed by atoms with Gasteiger partial charge in [-0.25, -0.2) is 0 Å². The van der Waals surface area contributed by atoms with Crippen molar-refractivity contribution in [3.8, 4) is 0 Å². The Bertz CT molecular complexity index is 63.3. The van der Waals surface area contributed by atoms with E-state index in [1.807, 2.05) is 13.8 Å². The van der Waals surface area contributed by atoms with Crippen LogP contribution in [-0.2, 0) is 0 Å². The zero-order valence-electron chi connectivity index (χ0n) is 6.68. The zero-order valence-corrected chi connectivity index (χ0v) is 6.68. The van der Waals surface area contributed by atoms with Gasteiger partial charge in [-0.2, -0.15) is 0 Å². The molecule has 0 rings (SSSR count). The van der Waals surface area contributed by atoms with Gasteiger partial charge in [0.1, 0.15) is 0 Å². The molecule has 0 bridgehead atoms. The first kappa shape index (κ1) is 8.92. The maximum Gasteiger partial charge on any atom is 0.0779 e. The third-order valence-corrected chi connectivity index (χ3v) is 1.39. The van der Waals surface area contributed by atoms with E-state index < -0.39 is 0 Å². The van der Waals surface area contributed by atoms with Crippen LogP contribution in [0.4, 0.5) is 0 Å².